The van der Waals surface area contributed by atoms with Crippen molar-refractivity contribution in [3.63, 3.8) is 0 Å². The molecule has 3 aromatic rings. The Morgan fingerprint density at radius 3 is 2.16 bits per heavy atom. The first-order valence-electron chi connectivity index (χ1n) is 30.1. The summed E-state index contributed by atoms with van der Waals surface area (Å²) in [6.45, 7) is 10.1. The Morgan fingerprint density at radius 1 is 0.876 bits per heavy atom. The minimum atomic E-state index is -1.89. The summed E-state index contributed by atoms with van der Waals surface area (Å²) in [7, 11) is 8.20. The molecule has 5 N–H and O–H groups in total. The number of rotatable bonds is 34. The van der Waals surface area contributed by atoms with Crippen LogP contribution < -0.4 is 31.0 Å². The molecule has 89 heavy (non-hydrogen) atoms. The average Bonchev–Trinajstić information content (AvgIpc) is 1.68. The molecule has 26 nitrogen and oxygen atoms in total. The van der Waals surface area contributed by atoms with Gasteiger partial charge in [-0.25, -0.2) is 14.6 Å². The number of aliphatic hydroxyl groups is 1. The number of hydrogen-bond donors (Lipinski definition) is 5. The van der Waals surface area contributed by atoms with E-state index in [-0.39, 0.29) is 87.8 Å². The van der Waals surface area contributed by atoms with E-state index >= 15 is 0 Å². The Labute approximate surface area is 524 Å². The van der Waals surface area contributed by atoms with Gasteiger partial charge in [-0.15, -0.1) is 0 Å². The number of alkyl carbamates (subject to hydrolysis) is 1. The molecular weight excluding hydrogens is 1180 g/mol. The van der Waals surface area contributed by atoms with Crippen molar-refractivity contribution in [2.24, 2.45) is 0 Å². The minimum Gasteiger partial charge on any atom is -0.495 e. The van der Waals surface area contributed by atoms with Gasteiger partial charge in [0.2, 0.25) is 23.6 Å². The van der Waals surface area contributed by atoms with Gasteiger partial charge in [0.25, 0.3) is 0 Å². The Hall–Kier alpha value is -6.27. The van der Waals surface area contributed by atoms with E-state index in [2.05, 4.69) is 38.1 Å². The quantitative estimate of drug-likeness (QED) is 0.0326. The number of anilines is 1. The third-order valence-electron chi connectivity index (χ3n) is 16.1. The number of carbonyl (C=O) groups is 6. The van der Waals surface area contributed by atoms with Crippen LogP contribution in [0, 0.1) is 0 Å². The summed E-state index contributed by atoms with van der Waals surface area (Å²) >= 11 is 6.93. The molecule has 7 atom stereocenters. The van der Waals surface area contributed by atoms with E-state index in [1.807, 2.05) is 56.4 Å². The molecule has 0 saturated carbocycles. The number of amides is 5. The average molecular weight is 1270 g/mol. The van der Waals surface area contributed by atoms with E-state index in [0.717, 1.165) is 27.7 Å². The van der Waals surface area contributed by atoms with Gasteiger partial charge in [-0.1, -0.05) is 53.6 Å². The van der Waals surface area contributed by atoms with Crippen molar-refractivity contribution >= 4 is 63.9 Å². The molecule has 2 aromatic carbocycles. The summed E-state index contributed by atoms with van der Waals surface area (Å²) in [5, 5.41) is 23.1. The lowest BCUT2D eigenvalue weighted by Crippen LogP contribution is -2.77. The van der Waals surface area contributed by atoms with Gasteiger partial charge in [0, 0.05) is 64.8 Å². The first kappa shape index (κ1) is 70.2. The lowest BCUT2D eigenvalue weighted by Gasteiger charge is -2.62. The zero-order chi connectivity index (χ0) is 64.1. The highest BCUT2D eigenvalue weighted by Gasteiger charge is 2.67. The highest BCUT2D eigenvalue weighted by molar-refractivity contribution is 6.35. The number of carbonyl (C=O) groups excluding carboxylic acids is 6. The molecule has 5 aliphatic heterocycles. The largest absolute Gasteiger partial charge is 0.495 e. The molecule has 7 bridgehead atoms. The Bertz CT molecular complexity index is 2940. The number of hydrazine groups is 1. The third-order valence-corrected chi connectivity index (χ3v) is 16.5. The van der Waals surface area contributed by atoms with Crippen molar-refractivity contribution in [2.45, 2.75) is 114 Å². The Morgan fingerprint density at radius 2 is 1.52 bits per heavy atom. The number of aryl methyl sites for hydroxylation is 1. The second-order valence-corrected chi connectivity index (χ2v) is 23.1. The number of halogens is 1. The van der Waals surface area contributed by atoms with Gasteiger partial charge in [-0.05, 0) is 69.5 Å². The molecule has 27 heteroatoms. The van der Waals surface area contributed by atoms with Crippen LogP contribution in [0.3, 0.4) is 0 Å². The fraction of sp³-hybridized carbons (Fsp3) is 0.613. The number of ether oxygens (including phenoxy) is 11. The zero-order valence-electron chi connectivity index (χ0n) is 52.4. The topological polar surface area (TPSA) is 287 Å². The second-order valence-electron chi connectivity index (χ2n) is 22.7. The molecule has 3 saturated heterocycles. The highest BCUT2D eigenvalue weighted by atomic mass is 35.5. The van der Waals surface area contributed by atoms with E-state index in [1.54, 1.807) is 25.1 Å². The number of methoxy groups -OCH3 is 2. The molecule has 1 spiro atoms. The summed E-state index contributed by atoms with van der Waals surface area (Å²) in [5.74, 6) is -1.71. The summed E-state index contributed by atoms with van der Waals surface area (Å²) < 4.78 is 65.5. The number of benzene rings is 2. The number of para-hydroxylation sites is 1. The predicted octanol–water partition coefficient (Wildman–Crippen LogP) is 3.36. The standard InChI is InChI=1S/C62H89ClN8O18/c1-42-12-11-15-50(80-8)62(78)37-52(88-59(77)67-62)60(3)40-61(89-60)41-71(48-33-44(32-42)34-49(79-7)57(48)63)56(75)36-51(61)87-58(76)43(2)69(6)55(74)17-20-81-22-24-83-26-28-85-30-31-86-29-27-84-25-23-82-21-18-65-54(73)38-66-53(72)16-19-70-46(39-68(5)64-4)35-45-13-9-10-14-47(45)70/h9-15,33-35,43,50-52,64,78H,16-32,36-41H2,1-8H3,(H,65,73)(H,66,72)(H,67,77)/b15-11+,42-12+/t43-,50+,51-,52-,60+,61-,62-/m0/s1. The molecule has 0 radical (unpaired) electrons. The number of nitrogens with zero attached hydrogens (tertiary/aromatic N) is 4. The van der Waals surface area contributed by atoms with Crippen molar-refractivity contribution in [2.75, 3.05) is 139 Å². The van der Waals surface area contributed by atoms with Gasteiger partial charge in [0.1, 0.15) is 46.3 Å². The van der Waals surface area contributed by atoms with Gasteiger partial charge in [-0.2, -0.15) is 0 Å². The number of esters is 1. The van der Waals surface area contributed by atoms with Crippen LogP contribution in [0.25, 0.3) is 10.9 Å². The van der Waals surface area contributed by atoms with Gasteiger partial charge in [0.05, 0.1) is 125 Å². The first-order chi connectivity index (χ1) is 42.7. The van der Waals surface area contributed by atoms with Gasteiger partial charge < -0.3 is 82.2 Å². The molecule has 3 fully saturated rings. The van der Waals surface area contributed by atoms with Crippen LogP contribution in [-0.2, 0) is 90.9 Å². The SMILES string of the molecule is CNN(C)Cc1cc2ccccc2n1CCC(=O)NCC(=O)NCCOCCOCCOCCOCCOCCOCCC(=O)N(C)[C@@H](C)C(=O)O[C@H]1CC(=O)N2C[C@@]13C[C@@](C)(O3)[C@@H]1C[C@@](O)(NC(=O)O1)[C@H](OC)/C=C/C=C(\C)Cc1cc(OC)c(Cl)c2c1. The molecule has 1 aromatic heterocycles. The summed E-state index contributed by atoms with van der Waals surface area (Å²) in [6, 6.07) is 12.7. The smallest absolute Gasteiger partial charge is 0.409 e. The van der Waals surface area contributed by atoms with Crippen LogP contribution in [0.1, 0.15) is 64.1 Å². The normalized spacial score (nSPS) is 23.7. The van der Waals surface area contributed by atoms with Crippen molar-refractivity contribution in [1.29, 1.82) is 0 Å². The number of piperidine rings is 1. The van der Waals surface area contributed by atoms with E-state index in [4.69, 9.17) is 63.7 Å². The molecule has 5 aliphatic rings. The Kier molecular flexibility index (Phi) is 26.6. The summed E-state index contributed by atoms with van der Waals surface area (Å²) in [5.41, 5.74) is 2.87. The van der Waals surface area contributed by atoms with Crippen LogP contribution >= 0.6 is 11.6 Å². The van der Waals surface area contributed by atoms with Crippen LogP contribution in [0.4, 0.5) is 10.5 Å². The first-order valence-corrected chi connectivity index (χ1v) is 30.5. The number of nitrogens with one attached hydrogen (secondary N) is 4. The maximum atomic E-state index is 14.2. The van der Waals surface area contributed by atoms with Crippen LogP contribution in [0.15, 0.2) is 66.3 Å². The van der Waals surface area contributed by atoms with Crippen molar-refractivity contribution < 1.29 is 86.0 Å². The van der Waals surface area contributed by atoms with Crippen LogP contribution in [-0.4, -0.2) is 231 Å². The highest BCUT2D eigenvalue weighted by Crippen LogP contribution is 2.53. The fourth-order valence-electron chi connectivity index (χ4n) is 11.2. The summed E-state index contributed by atoms with van der Waals surface area (Å²) in [6.07, 6.45) is 1.55. The molecule has 5 amide bonds. The predicted molar refractivity (Wildman–Crippen MR) is 327 cm³/mol. The maximum absolute atomic E-state index is 14.2. The van der Waals surface area contributed by atoms with Crippen LogP contribution in [0.5, 0.6) is 5.75 Å². The number of hydrogen-bond acceptors (Lipinski definition) is 20. The zero-order valence-corrected chi connectivity index (χ0v) is 53.2. The van der Waals surface area contributed by atoms with Crippen molar-refractivity contribution in [1.82, 2.24) is 35.9 Å². The van der Waals surface area contributed by atoms with E-state index in [0.29, 0.717) is 97.0 Å². The van der Waals surface area contributed by atoms with E-state index in [9.17, 15) is 33.9 Å². The van der Waals surface area contributed by atoms with Gasteiger partial charge in [-0.3, -0.25) is 29.9 Å². The lowest BCUT2D eigenvalue weighted by atomic mass is 9.69. The number of fused-ring (bicyclic) bond motifs is 4. The maximum Gasteiger partial charge on any atom is 0.409 e. The molecule has 6 heterocycles. The monoisotopic (exact) mass is 1270 g/mol. The second kappa shape index (κ2) is 33.7. The molecule has 492 valence electrons. The lowest BCUT2D eigenvalue weighted by molar-refractivity contribution is -0.333. The third kappa shape index (κ3) is 19.4. The molecule has 0 aliphatic carbocycles. The van der Waals surface area contributed by atoms with Crippen molar-refractivity contribution in [3.8, 4) is 5.75 Å². The number of likely N-dealkylation sites (N-methyl/N-ethyl adjacent to an activating group) is 1. The fourth-order valence-corrected chi connectivity index (χ4v) is 11.5. The van der Waals surface area contributed by atoms with Gasteiger partial charge >= 0.3 is 12.1 Å². The van der Waals surface area contributed by atoms with Crippen molar-refractivity contribution in [3.05, 3.63) is 82.5 Å². The molecule has 0 unspecified atom stereocenters. The molecule has 8 rings (SSSR count). The van der Waals surface area contributed by atoms with E-state index < -0.39 is 59.3 Å². The number of allylic oxidation sites excluding steroid dienone is 3. The number of aromatic nitrogens is 1. The molecular formula is C62H89ClN8O18. The minimum absolute atomic E-state index is 0.0315. The van der Waals surface area contributed by atoms with Crippen LogP contribution in [0.2, 0.25) is 5.02 Å². The Balaban J connectivity index is 0.722. The van der Waals surface area contributed by atoms with E-state index in [1.165, 1.54) is 38.0 Å². The summed E-state index contributed by atoms with van der Waals surface area (Å²) in [4.78, 5) is 82.2. The van der Waals surface area contributed by atoms with Gasteiger partial charge in [0.15, 0.2) is 5.72 Å².